The third kappa shape index (κ3) is 6.49. The molecular formula is C30H36Cl2N4O2. The van der Waals surface area contributed by atoms with Crippen molar-refractivity contribution in [3.63, 3.8) is 0 Å². The summed E-state index contributed by atoms with van der Waals surface area (Å²) < 4.78 is 4.08. The lowest BCUT2D eigenvalue weighted by Gasteiger charge is -2.13. The Labute approximate surface area is 234 Å². The summed E-state index contributed by atoms with van der Waals surface area (Å²) >= 11 is 12.6. The maximum atomic E-state index is 9.84. The largest absolute Gasteiger partial charge is 0.390 e. The molecule has 0 saturated heterocycles. The highest BCUT2D eigenvalue weighted by Gasteiger charge is 2.16. The monoisotopic (exact) mass is 554 g/mol. The van der Waals surface area contributed by atoms with Gasteiger partial charge in [-0.15, -0.1) is 0 Å². The predicted molar refractivity (Wildman–Crippen MR) is 154 cm³/mol. The van der Waals surface area contributed by atoms with Crippen molar-refractivity contribution in [2.24, 2.45) is 0 Å². The number of nitrogens with zero attached hydrogens (tertiary/aromatic N) is 4. The van der Waals surface area contributed by atoms with Crippen LogP contribution in [0.5, 0.6) is 0 Å². The zero-order valence-corrected chi connectivity index (χ0v) is 23.6. The molecule has 6 nitrogen and oxygen atoms in total. The molecule has 2 aromatic heterocycles. The van der Waals surface area contributed by atoms with E-state index in [0.29, 0.717) is 34.8 Å². The quantitative estimate of drug-likeness (QED) is 0.190. The van der Waals surface area contributed by atoms with E-state index in [1.165, 1.54) is 0 Å². The Morgan fingerprint density at radius 2 is 1.00 bits per heavy atom. The van der Waals surface area contributed by atoms with Crippen LogP contribution in [0.1, 0.15) is 73.7 Å². The van der Waals surface area contributed by atoms with Crippen LogP contribution in [0.25, 0.3) is 11.1 Å². The summed E-state index contributed by atoms with van der Waals surface area (Å²) in [5.41, 5.74) is 5.84. The van der Waals surface area contributed by atoms with Gasteiger partial charge in [0.05, 0.1) is 24.6 Å². The molecule has 0 bridgehead atoms. The van der Waals surface area contributed by atoms with E-state index in [1.54, 1.807) is 0 Å². The van der Waals surface area contributed by atoms with E-state index in [9.17, 15) is 10.2 Å². The van der Waals surface area contributed by atoms with E-state index in [-0.39, 0.29) is 13.2 Å². The number of aliphatic hydroxyl groups excluding tert-OH is 2. The zero-order valence-electron chi connectivity index (χ0n) is 22.1. The van der Waals surface area contributed by atoms with Gasteiger partial charge in [-0.1, -0.05) is 98.4 Å². The van der Waals surface area contributed by atoms with Crippen LogP contribution in [0.2, 0.25) is 10.3 Å². The molecule has 0 amide bonds. The van der Waals surface area contributed by atoms with Crippen LogP contribution in [-0.2, 0) is 39.1 Å². The van der Waals surface area contributed by atoms with Crippen molar-refractivity contribution in [3.05, 3.63) is 93.0 Å². The molecule has 38 heavy (non-hydrogen) atoms. The fourth-order valence-corrected chi connectivity index (χ4v) is 5.23. The lowest BCUT2D eigenvalue weighted by molar-refractivity contribution is 0.271. The molecule has 8 heteroatoms. The average molecular weight is 556 g/mol. The summed E-state index contributed by atoms with van der Waals surface area (Å²) in [4.78, 5) is 8.98. The summed E-state index contributed by atoms with van der Waals surface area (Å²) in [6.45, 7) is 5.28. The fourth-order valence-electron chi connectivity index (χ4n) is 4.71. The highest BCUT2D eigenvalue weighted by molar-refractivity contribution is 6.30. The first-order chi connectivity index (χ1) is 18.5. The highest BCUT2D eigenvalue weighted by atomic mass is 35.5. The van der Waals surface area contributed by atoms with Gasteiger partial charge in [-0.3, -0.25) is 0 Å². The van der Waals surface area contributed by atoms with Crippen LogP contribution in [-0.4, -0.2) is 29.3 Å². The molecule has 202 valence electrons. The smallest absolute Gasteiger partial charge is 0.152 e. The molecule has 0 unspecified atom stereocenters. The van der Waals surface area contributed by atoms with Crippen molar-refractivity contribution in [3.8, 4) is 11.1 Å². The van der Waals surface area contributed by atoms with Crippen molar-refractivity contribution in [1.29, 1.82) is 0 Å². The standard InChI is InChI=1S/C30H36Cl2N4O2/c1-3-5-7-27-33-29(31)25(19-37)35(27)17-21-9-13-23(14-10-21)24-15-11-22(12-16-24)18-36-26(20-38)30(32)34-28(36)8-6-4-2/h9-16,37-38H,3-8,17-20H2,1-2H3. The van der Waals surface area contributed by atoms with Gasteiger partial charge < -0.3 is 19.3 Å². The third-order valence-corrected chi connectivity index (χ3v) is 7.54. The highest BCUT2D eigenvalue weighted by Crippen LogP contribution is 2.25. The fraction of sp³-hybridized carbons (Fsp3) is 0.400. The molecule has 2 heterocycles. The van der Waals surface area contributed by atoms with E-state index in [1.807, 2.05) is 9.13 Å². The Morgan fingerprint density at radius 1 is 0.632 bits per heavy atom. The van der Waals surface area contributed by atoms with Gasteiger partial charge in [0.1, 0.15) is 11.6 Å². The van der Waals surface area contributed by atoms with Crippen molar-refractivity contribution < 1.29 is 10.2 Å². The maximum Gasteiger partial charge on any atom is 0.152 e. The Morgan fingerprint density at radius 3 is 1.32 bits per heavy atom. The maximum absolute atomic E-state index is 9.84. The summed E-state index contributed by atoms with van der Waals surface area (Å²) in [7, 11) is 0. The Balaban J connectivity index is 1.49. The minimum absolute atomic E-state index is 0.131. The van der Waals surface area contributed by atoms with Gasteiger partial charge in [-0.2, -0.15) is 0 Å². The van der Waals surface area contributed by atoms with E-state index >= 15 is 0 Å². The Kier molecular flexibility index (Phi) is 10.0. The number of imidazole rings is 2. The molecule has 4 rings (SSSR count). The van der Waals surface area contributed by atoms with Crippen molar-refractivity contribution in [2.75, 3.05) is 0 Å². The molecule has 2 aromatic carbocycles. The molecule has 0 atom stereocenters. The number of halogens is 2. The minimum atomic E-state index is -0.131. The van der Waals surface area contributed by atoms with Gasteiger partial charge >= 0.3 is 0 Å². The molecule has 0 spiro atoms. The first kappa shape index (κ1) is 28.4. The number of rotatable bonds is 13. The van der Waals surface area contributed by atoms with Gasteiger partial charge in [0.25, 0.3) is 0 Å². The van der Waals surface area contributed by atoms with Gasteiger partial charge in [0.15, 0.2) is 10.3 Å². The first-order valence-electron chi connectivity index (χ1n) is 13.4. The van der Waals surface area contributed by atoms with Gasteiger partial charge in [0.2, 0.25) is 0 Å². The van der Waals surface area contributed by atoms with Crippen LogP contribution >= 0.6 is 23.2 Å². The van der Waals surface area contributed by atoms with E-state index in [4.69, 9.17) is 23.2 Å². The molecule has 4 aromatic rings. The van der Waals surface area contributed by atoms with Crippen LogP contribution in [0.3, 0.4) is 0 Å². The van der Waals surface area contributed by atoms with Crippen LogP contribution in [0.15, 0.2) is 48.5 Å². The minimum Gasteiger partial charge on any atom is -0.390 e. The summed E-state index contributed by atoms with van der Waals surface area (Å²) in [6.07, 6.45) is 5.89. The van der Waals surface area contributed by atoms with E-state index in [0.717, 1.165) is 72.4 Å². The zero-order chi connectivity index (χ0) is 27.1. The van der Waals surface area contributed by atoms with Crippen molar-refractivity contribution in [2.45, 2.75) is 78.7 Å². The first-order valence-corrected chi connectivity index (χ1v) is 14.1. The number of hydrogen-bond acceptors (Lipinski definition) is 4. The molecule has 0 aliphatic rings. The molecular weight excluding hydrogens is 519 g/mol. The average Bonchev–Trinajstić information content (AvgIpc) is 3.40. The van der Waals surface area contributed by atoms with Gasteiger partial charge in [0, 0.05) is 25.9 Å². The van der Waals surface area contributed by atoms with Crippen LogP contribution < -0.4 is 0 Å². The summed E-state index contributed by atoms with van der Waals surface area (Å²) in [5.74, 6) is 1.84. The van der Waals surface area contributed by atoms with Gasteiger partial charge in [-0.05, 0) is 35.1 Å². The number of aryl methyl sites for hydroxylation is 2. The van der Waals surface area contributed by atoms with E-state index in [2.05, 4.69) is 72.3 Å². The molecule has 0 radical (unpaired) electrons. The Bertz CT molecular complexity index is 1220. The lowest BCUT2D eigenvalue weighted by atomic mass is 10.0. The molecule has 0 aliphatic heterocycles. The van der Waals surface area contributed by atoms with Crippen molar-refractivity contribution >= 4 is 23.2 Å². The molecule has 0 saturated carbocycles. The second-order valence-corrected chi connectivity index (χ2v) is 10.3. The topological polar surface area (TPSA) is 76.1 Å². The molecule has 0 fully saturated rings. The SMILES string of the molecule is CCCCc1nc(Cl)c(CO)n1Cc1ccc(-c2ccc(Cn3c(CCCC)nc(Cl)c3CO)cc2)cc1. The van der Waals surface area contributed by atoms with Crippen LogP contribution in [0, 0.1) is 0 Å². The lowest BCUT2D eigenvalue weighted by Crippen LogP contribution is -2.09. The third-order valence-electron chi connectivity index (χ3n) is 6.94. The number of hydrogen-bond donors (Lipinski definition) is 2. The number of aliphatic hydroxyl groups is 2. The predicted octanol–water partition coefficient (Wildman–Crippen LogP) is 6.82. The second kappa shape index (κ2) is 13.4. The number of aromatic nitrogens is 4. The Hall–Kier alpha value is -2.64. The second-order valence-electron chi connectivity index (χ2n) is 9.62. The van der Waals surface area contributed by atoms with E-state index < -0.39 is 0 Å². The normalized spacial score (nSPS) is 11.4. The number of benzene rings is 2. The number of unbranched alkanes of at least 4 members (excludes halogenated alkanes) is 2. The van der Waals surface area contributed by atoms with Crippen molar-refractivity contribution in [1.82, 2.24) is 19.1 Å². The summed E-state index contributed by atoms with van der Waals surface area (Å²) in [5, 5.41) is 20.4. The van der Waals surface area contributed by atoms with Gasteiger partial charge in [-0.25, -0.2) is 9.97 Å². The molecule has 2 N–H and O–H groups in total. The molecule has 0 aliphatic carbocycles. The van der Waals surface area contributed by atoms with Crippen LogP contribution in [0.4, 0.5) is 0 Å². The summed E-state index contributed by atoms with van der Waals surface area (Å²) in [6, 6.07) is 16.9.